The van der Waals surface area contributed by atoms with Crippen LogP contribution in [0.2, 0.25) is 0 Å². The highest BCUT2D eigenvalue weighted by atomic mass is 19.1. The maximum absolute atomic E-state index is 14.7. The van der Waals surface area contributed by atoms with Gasteiger partial charge in [0.2, 0.25) is 0 Å². The van der Waals surface area contributed by atoms with Gasteiger partial charge in [-0.2, -0.15) is 0 Å². The maximum Gasteiger partial charge on any atom is 0.168 e. The number of rotatable bonds is 3. The van der Waals surface area contributed by atoms with Crippen LogP contribution >= 0.6 is 0 Å². The molecule has 0 amide bonds. The summed E-state index contributed by atoms with van der Waals surface area (Å²) < 4.78 is 29.0. The number of nitrogens with two attached hydrogens (primary N) is 1. The molecule has 5 nitrogen and oxygen atoms in total. The van der Waals surface area contributed by atoms with Crippen molar-refractivity contribution >= 4 is 36.0 Å². The molecule has 3 aromatic rings. The zero-order chi connectivity index (χ0) is 16.6. The monoisotopic (exact) mass is 313 g/mol. The molecule has 0 saturated carbocycles. The number of nitrogens with zero attached hydrogens (tertiary/aromatic N) is 3. The van der Waals surface area contributed by atoms with E-state index in [1.54, 1.807) is 26.9 Å². The lowest BCUT2D eigenvalue weighted by molar-refractivity contribution is 0.551. The Morgan fingerprint density at radius 3 is 2.87 bits per heavy atom. The molecule has 8 heteroatoms. The van der Waals surface area contributed by atoms with Gasteiger partial charge in [0.15, 0.2) is 19.5 Å². The molecule has 0 saturated heterocycles. The van der Waals surface area contributed by atoms with Crippen LogP contribution < -0.4 is 16.6 Å². The SMILES string of the molecule is Bc1cnc(N)c(NC(C)c2c(F)cc3ncccc3c2F)n1. The predicted molar refractivity (Wildman–Crippen MR) is 88.3 cm³/mol. The number of hydrogen-bond acceptors (Lipinski definition) is 5. The van der Waals surface area contributed by atoms with Gasteiger partial charge in [-0.25, -0.2) is 18.7 Å². The normalized spacial score (nSPS) is 12.3. The highest BCUT2D eigenvalue weighted by molar-refractivity contribution is 6.30. The van der Waals surface area contributed by atoms with Crippen molar-refractivity contribution in [2.45, 2.75) is 13.0 Å². The van der Waals surface area contributed by atoms with Gasteiger partial charge in [0, 0.05) is 35.0 Å². The predicted octanol–water partition coefficient (Wildman–Crippen LogP) is 1.32. The van der Waals surface area contributed by atoms with Crippen molar-refractivity contribution in [2.24, 2.45) is 0 Å². The molecule has 0 bridgehead atoms. The molecule has 0 radical (unpaired) electrons. The molecule has 2 heterocycles. The summed E-state index contributed by atoms with van der Waals surface area (Å²) in [5.74, 6) is -0.853. The van der Waals surface area contributed by atoms with Crippen molar-refractivity contribution in [3.05, 3.63) is 47.8 Å². The van der Waals surface area contributed by atoms with Crippen molar-refractivity contribution in [3.63, 3.8) is 0 Å². The summed E-state index contributed by atoms with van der Waals surface area (Å²) >= 11 is 0. The summed E-state index contributed by atoms with van der Waals surface area (Å²) in [6, 6.07) is 3.71. The molecule has 116 valence electrons. The second kappa shape index (κ2) is 5.79. The van der Waals surface area contributed by atoms with E-state index in [0.29, 0.717) is 11.4 Å². The Kier molecular flexibility index (Phi) is 3.81. The molecule has 0 aliphatic carbocycles. The fourth-order valence-electron chi connectivity index (χ4n) is 2.43. The van der Waals surface area contributed by atoms with Crippen molar-refractivity contribution in [2.75, 3.05) is 11.1 Å². The average molecular weight is 313 g/mol. The number of hydrogen-bond donors (Lipinski definition) is 2. The highest BCUT2D eigenvalue weighted by Gasteiger charge is 2.20. The van der Waals surface area contributed by atoms with E-state index in [1.807, 2.05) is 0 Å². The fraction of sp³-hybridized carbons (Fsp3) is 0.133. The number of pyridine rings is 1. The van der Waals surface area contributed by atoms with Crippen LogP contribution in [0.15, 0.2) is 30.6 Å². The minimum atomic E-state index is -0.682. The highest BCUT2D eigenvalue weighted by Crippen LogP contribution is 2.29. The van der Waals surface area contributed by atoms with E-state index >= 15 is 0 Å². The quantitative estimate of drug-likeness (QED) is 0.713. The molecular formula is C15H14BF2N5. The van der Waals surface area contributed by atoms with Gasteiger partial charge in [0.1, 0.15) is 11.6 Å². The number of benzene rings is 1. The Hall–Kier alpha value is -2.77. The van der Waals surface area contributed by atoms with Gasteiger partial charge in [0.25, 0.3) is 0 Å². The molecule has 0 fully saturated rings. The molecule has 3 N–H and O–H groups in total. The van der Waals surface area contributed by atoms with Gasteiger partial charge in [-0.1, -0.05) is 0 Å². The second-order valence-corrected chi connectivity index (χ2v) is 5.27. The topological polar surface area (TPSA) is 76.7 Å². The molecule has 0 aliphatic heterocycles. The first-order valence-electron chi connectivity index (χ1n) is 7.05. The summed E-state index contributed by atoms with van der Waals surface area (Å²) in [5.41, 5.74) is 6.58. The van der Waals surface area contributed by atoms with E-state index in [9.17, 15) is 8.78 Å². The van der Waals surface area contributed by atoms with Crippen LogP contribution in [0.5, 0.6) is 0 Å². The molecule has 0 aliphatic rings. The summed E-state index contributed by atoms with van der Waals surface area (Å²) in [5, 5.41) is 3.18. The third-order valence-electron chi connectivity index (χ3n) is 3.54. The number of anilines is 2. The number of aromatic nitrogens is 3. The first kappa shape index (κ1) is 15.1. The lowest BCUT2D eigenvalue weighted by Gasteiger charge is -2.18. The minimum absolute atomic E-state index is 0.0896. The van der Waals surface area contributed by atoms with E-state index in [1.165, 1.54) is 18.5 Å². The number of halogens is 2. The number of nitrogen functional groups attached to an aromatic ring is 1. The second-order valence-electron chi connectivity index (χ2n) is 5.27. The first-order chi connectivity index (χ1) is 11.0. The van der Waals surface area contributed by atoms with Gasteiger partial charge in [-0.3, -0.25) is 4.98 Å². The van der Waals surface area contributed by atoms with Crippen LogP contribution in [0.4, 0.5) is 20.4 Å². The number of nitrogens with one attached hydrogen (secondary N) is 1. The van der Waals surface area contributed by atoms with Crippen LogP contribution in [0.1, 0.15) is 18.5 Å². The first-order valence-corrected chi connectivity index (χ1v) is 7.05. The molecular weight excluding hydrogens is 299 g/mol. The largest absolute Gasteiger partial charge is 0.381 e. The van der Waals surface area contributed by atoms with Crippen LogP contribution in [0, 0.1) is 11.6 Å². The molecule has 0 spiro atoms. The summed E-state index contributed by atoms with van der Waals surface area (Å²) in [4.78, 5) is 12.1. The van der Waals surface area contributed by atoms with E-state index in [0.717, 1.165) is 0 Å². The van der Waals surface area contributed by atoms with Crippen LogP contribution in [0.3, 0.4) is 0 Å². The summed E-state index contributed by atoms with van der Waals surface area (Å²) in [7, 11) is 1.76. The minimum Gasteiger partial charge on any atom is -0.381 e. The Labute approximate surface area is 132 Å². The Morgan fingerprint density at radius 2 is 2.09 bits per heavy atom. The average Bonchev–Trinajstić information content (AvgIpc) is 2.51. The lowest BCUT2D eigenvalue weighted by Crippen LogP contribution is -2.18. The lowest BCUT2D eigenvalue weighted by atomic mass is 10.0. The fourth-order valence-corrected chi connectivity index (χ4v) is 2.43. The van der Waals surface area contributed by atoms with Crippen LogP contribution in [0.25, 0.3) is 10.9 Å². The number of fused-ring (bicyclic) bond motifs is 1. The Bertz CT molecular complexity index is 887. The van der Waals surface area contributed by atoms with Gasteiger partial charge in [0.05, 0.1) is 11.6 Å². The molecule has 1 aromatic carbocycles. The third-order valence-corrected chi connectivity index (χ3v) is 3.54. The standard InChI is InChI=1S/C15H14BF2N5/c1-7(22-15-14(19)21-6-11(16)23-15)12-9(17)5-10-8(13(12)18)3-2-4-20-10/h2-7H,16H2,1H3,(H2,19,21)(H,22,23). The molecule has 3 rings (SSSR count). The van der Waals surface area contributed by atoms with E-state index in [-0.39, 0.29) is 22.3 Å². The van der Waals surface area contributed by atoms with Gasteiger partial charge in [-0.15, -0.1) is 0 Å². The summed E-state index contributed by atoms with van der Waals surface area (Å²) in [6.45, 7) is 1.63. The van der Waals surface area contributed by atoms with E-state index in [2.05, 4.69) is 20.3 Å². The molecule has 2 aromatic heterocycles. The zero-order valence-corrected chi connectivity index (χ0v) is 12.6. The maximum atomic E-state index is 14.7. The Morgan fingerprint density at radius 1 is 1.30 bits per heavy atom. The molecule has 23 heavy (non-hydrogen) atoms. The smallest absolute Gasteiger partial charge is 0.168 e. The third kappa shape index (κ3) is 2.79. The van der Waals surface area contributed by atoms with Crippen LogP contribution in [-0.2, 0) is 0 Å². The Balaban J connectivity index is 2.04. The van der Waals surface area contributed by atoms with Gasteiger partial charge < -0.3 is 11.1 Å². The van der Waals surface area contributed by atoms with Crippen LogP contribution in [-0.4, -0.2) is 22.8 Å². The zero-order valence-electron chi connectivity index (χ0n) is 12.6. The van der Waals surface area contributed by atoms with Crippen molar-refractivity contribution in [3.8, 4) is 0 Å². The summed E-state index contributed by atoms with van der Waals surface area (Å²) in [6.07, 6.45) is 3.01. The van der Waals surface area contributed by atoms with E-state index < -0.39 is 17.7 Å². The van der Waals surface area contributed by atoms with E-state index in [4.69, 9.17) is 5.73 Å². The van der Waals surface area contributed by atoms with Gasteiger partial charge in [-0.05, 0) is 19.1 Å². The van der Waals surface area contributed by atoms with Crippen molar-refractivity contribution < 1.29 is 8.78 Å². The molecule has 1 unspecified atom stereocenters. The van der Waals surface area contributed by atoms with Crippen molar-refractivity contribution in [1.29, 1.82) is 0 Å². The molecule has 1 atom stereocenters. The van der Waals surface area contributed by atoms with Gasteiger partial charge >= 0.3 is 0 Å². The van der Waals surface area contributed by atoms with Crippen molar-refractivity contribution in [1.82, 2.24) is 15.0 Å².